The van der Waals surface area contributed by atoms with Gasteiger partial charge in [0.05, 0.1) is 5.52 Å². The van der Waals surface area contributed by atoms with Crippen LogP contribution in [0.5, 0.6) is 0 Å². The molecule has 1 fully saturated rings. The van der Waals surface area contributed by atoms with Crippen LogP contribution >= 0.6 is 15.9 Å². The number of carbonyl (C=O) groups is 1. The lowest BCUT2D eigenvalue weighted by molar-refractivity contribution is 0.0144. The van der Waals surface area contributed by atoms with Crippen LogP contribution < -0.4 is 5.32 Å². The average Bonchev–Trinajstić information content (AvgIpc) is 2.62. The summed E-state index contributed by atoms with van der Waals surface area (Å²) in [6.45, 7) is 11.7. The van der Waals surface area contributed by atoms with Gasteiger partial charge in [0.25, 0.3) is 0 Å². The third kappa shape index (κ3) is 5.32. The molecule has 0 spiro atoms. The molecule has 0 bridgehead atoms. The number of halogens is 1. The molecule has 1 N–H and O–H groups in total. The Balaban J connectivity index is 1.54. The Morgan fingerprint density at radius 2 is 1.96 bits per heavy atom. The van der Waals surface area contributed by atoms with Crippen molar-refractivity contribution in [2.75, 3.05) is 38.0 Å². The number of fused-ring (bicyclic) bond motifs is 1. The van der Waals surface area contributed by atoms with Crippen LogP contribution in [-0.4, -0.2) is 70.2 Å². The lowest BCUT2D eigenvalue weighted by Crippen LogP contribution is -2.51. The SMILES string of the molecule is CC(CN1CCN(C(=O)OC(C)(C)C)CC1)Nc1ncnc2c(Br)cccc12. The van der Waals surface area contributed by atoms with Crippen LogP contribution in [0.4, 0.5) is 10.6 Å². The Kier molecular flexibility index (Phi) is 6.40. The minimum Gasteiger partial charge on any atom is -0.444 e. The van der Waals surface area contributed by atoms with Gasteiger partial charge < -0.3 is 15.0 Å². The van der Waals surface area contributed by atoms with Gasteiger partial charge in [-0.25, -0.2) is 14.8 Å². The van der Waals surface area contributed by atoms with Gasteiger partial charge in [0, 0.05) is 48.6 Å². The van der Waals surface area contributed by atoms with Gasteiger partial charge in [-0.15, -0.1) is 0 Å². The van der Waals surface area contributed by atoms with E-state index in [0.717, 1.165) is 40.8 Å². The maximum Gasteiger partial charge on any atom is 0.410 e. The van der Waals surface area contributed by atoms with Gasteiger partial charge in [-0.2, -0.15) is 0 Å². The van der Waals surface area contributed by atoms with Gasteiger partial charge in [0.15, 0.2) is 0 Å². The van der Waals surface area contributed by atoms with Crippen LogP contribution in [0.25, 0.3) is 10.9 Å². The molecule has 0 radical (unpaired) electrons. The summed E-state index contributed by atoms with van der Waals surface area (Å²) in [5.41, 5.74) is 0.445. The molecule has 0 aliphatic carbocycles. The normalized spacial score (nSPS) is 16.8. The topological polar surface area (TPSA) is 70.6 Å². The highest BCUT2D eigenvalue weighted by Gasteiger charge is 2.26. The lowest BCUT2D eigenvalue weighted by Gasteiger charge is -2.36. The second kappa shape index (κ2) is 8.61. The van der Waals surface area contributed by atoms with Crippen molar-refractivity contribution in [3.63, 3.8) is 0 Å². The predicted octanol–water partition coefficient (Wildman–Crippen LogP) is 3.75. The number of anilines is 1. The number of ether oxygens (including phenoxy) is 1. The standard InChI is InChI=1S/C20H28BrN5O2/c1-14(24-18-15-6-5-7-16(21)17(15)22-13-23-18)12-25-8-10-26(11-9-25)19(27)28-20(2,3)4/h5-7,13-14H,8-12H2,1-4H3,(H,22,23,24). The van der Waals surface area contributed by atoms with E-state index in [1.807, 2.05) is 39.0 Å². The molecular formula is C20H28BrN5O2. The first-order valence-electron chi connectivity index (χ1n) is 9.59. The van der Waals surface area contributed by atoms with Crippen molar-refractivity contribution in [3.8, 4) is 0 Å². The van der Waals surface area contributed by atoms with E-state index in [1.165, 1.54) is 0 Å². The number of hydrogen-bond donors (Lipinski definition) is 1. The molecule has 1 atom stereocenters. The van der Waals surface area contributed by atoms with Gasteiger partial charge in [-0.1, -0.05) is 6.07 Å². The molecule has 152 valence electrons. The van der Waals surface area contributed by atoms with Crippen LogP contribution in [0.2, 0.25) is 0 Å². The number of carbonyl (C=O) groups excluding carboxylic acids is 1. The Morgan fingerprint density at radius 1 is 1.25 bits per heavy atom. The molecule has 1 aromatic carbocycles. The fourth-order valence-electron chi connectivity index (χ4n) is 3.27. The van der Waals surface area contributed by atoms with E-state index in [9.17, 15) is 4.79 Å². The van der Waals surface area contributed by atoms with Crippen molar-refractivity contribution in [2.24, 2.45) is 0 Å². The predicted molar refractivity (Wildman–Crippen MR) is 115 cm³/mol. The summed E-state index contributed by atoms with van der Waals surface area (Å²) in [6, 6.07) is 6.20. The van der Waals surface area contributed by atoms with Crippen molar-refractivity contribution in [3.05, 3.63) is 29.0 Å². The molecule has 1 unspecified atom stereocenters. The number of aromatic nitrogens is 2. The number of hydrogen-bond acceptors (Lipinski definition) is 6. The summed E-state index contributed by atoms with van der Waals surface area (Å²) >= 11 is 3.54. The second-order valence-electron chi connectivity index (χ2n) is 8.17. The van der Waals surface area contributed by atoms with Crippen molar-refractivity contribution in [2.45, 2.75) is 39.3 Å². The van der Waals surface area contributed by atoms with Crippen LogP contribution in [0.1, 0.15) is 27.7 Å². The fourth-order valence-corrected chi connectivity index (χ4v) is 3.74. The minimum absolute atomic E-state index is 0.213. The maximum atomic E-state index is 12.2. The Morgan fingerprint density at radius 3 is 2.64 bits per heavy atom. The van der Waals surface area contributed by atoms with Crippen molar-refractivity contribution < 1.29 is 9.53 Å². The zero-order valence-corrected chi connectivity index (χ0v) is 18.5. The number of nitrogens with zero attached hydrogens (tertiary/aromatic N) is 4. The van der Waals surface area contributed by atoms with Gasteiger partial charge >= 0.3 is 6.09 Å². The maximum absolute atomic E-state index is 12.2. The van der Waals surface area contributed by atoms with Gasteiger partial charge in [0.2, 0.25) is 0 Å². The number of benzene rings is 1. The van der Waals surface area contributed by atoms with Crippen LogP contribution in [0.3, 0.4) is 0 Å². The zero-order valence-electron chi connectivity index (χ0n) is 16.9. The Labute approximate surface area is 174 Å². The third-order valence-electron chi connectivity index (χ3n) is 4.55. The van der Waals surface area contributed by atoms with E-state index in [-0.39, 0.29) is 12.1 Å². The fraction of sp³-hybridized carbons (Fsp3) is 0.550. The molecule has 1 aliphatic heterocycles. The summed E-state index contributed by atoms with van der Waals surface area (Å²) < 4.78 is 6.42. The molecular weight excluding hydrogens is 422 g/mol. The summed E-state index contributed by atoms with van der Waals surface area (Å²) in [5.74, 6) is 0.839. The average molecular weight is 450 g/mol. The first-order chi connectivity index (χ1) is 13.2. The quantitative estimate of drug-likeness (QED) is 0.766. The Bertz CT molecular complexity index is 831. The van der Waals surface area contributed by atoms with Crippen LogP contribution in [0, 0.1) is 0 Å². The largest absolute Gasteiger partial charge is 0.444 e. The van der Waals surface area contributed by atoms with E-state index in [2.05, 4.69) is 43.0 Å². The van der Waals surface area contributed by atoms with Crippen LogP contribution in [0.15, 0.2) is 29.0 Å². The number of piperazine rings is 1. The van der Waals surface area contributed by atoms with E-state index >= 15 is 0 Å². The van der Waals surface area contributed by atoms with E-state index in [4.69, 9.17) is 4.74 Å². The van der Waals surface area contributed by atoms with Gasteiger partial charge in [-0.05, 0) is 55.8 Å². The molecule has 3 rings (SSSR count). The number of para-hydroxylation sites is 1. The summed E-state index contributed by atoms with van der Waals surface area (Å²) in [6.07, 6.45) is 1.36. The molecule has 1 aliphatic rings. The van der Waals surface area contributed by atoms with E-state index in [0.29, 0.717) is 13.1 Å². The van der Waals surface area contributed by atoms with Gasteiger partial charge in [0.1, 0.15) is 17.7 Å². The third-order valence-corrected chi connectivity index (χ3v) is 5.19. The molecule has 2 aromatic rings. The van der Waals surface area contributed by atoms with E-state index < -0.39 is 5.60 Å². The van der Waals surface area contributed by atoms with Gasteiger partial charge in [-0.3, -0.25) is 4.90 Å². The molecule has 1 aromatic heterocycles. The van der Waals surface area contributed by atoms with E-state index in [1.54, 1.807) is 11.2 Å². The summed E-state index contributed by atoms with van der Waals surface area (Å²) in [4.78, 5) is 25.1. The number of nitrogens with one attached hydrogen (secondary N) is 1. The molecule has 8 heteroatoms. The molecule has 2 heterocycles. The van der Waals surface area contributed by atoms with Crippen molar-refractivity contribution >= 4 is 38.7 Å². The number of amides is 1. The minimum atomic E-state index is -0.456. The summed E-state index contributed by atoms with van der Waals surface area (Å²) in [7, 11) is 0. The molecule has 1 amide bonds. The van der Waals surface area contributed by atoms with Crippen LogP contribution in [-0.2, 0) is 4.74 Å². The molecule has 1 saturated heterocycles. The number of rotatable bonds is 4. The molecule has 7 nitrogen and oxygen atoms in total. The summed E-state index contributed by atoms with van der Waals surface area (Å²) in [5, 5.41) is 4.50. The zero-order chi connectivity index (χ0) is 20.3. The highest BCUT2D eigenvalue weighted by atomic mass is 79.9. The smallest absolute Gasteiger partial charge is 0.410 e. The molecule has 0 saturated carbocycles. The van der Waals surface area contributed by atoms with Crippen molar-refractivity contribution in [1.82, 2.24) is 19.8 Å². The van der Waals surface area contributed by atoms with Crippen molar-refractivity contribution in [1.29, 1.82) is 0 Å². The first-order valence-corrected chi connectivity index (χ1v) is 10.4. The molecule has 28 heavy (non-hydrogen) atoms. The second-order valence-corrected chi connectivity index (χ2v) is 9.03. The monoisotopic (exact) mass is 449 g/mol. The highest BCUT2D eigenvalue weighted by Crippen LogP contribution is 2.26. The lowest BCUT2D eigenvalue weighted by atomic mass is 10.2. The highest BCUT2D eigenvalue weighted by molar-refractivity contribution is 9.10. The first kappa shape index (κ1) is 20.8. The Hall–Kier alpha value is -1.93.